The van der Waals surface area contributed by atoms with Crippen molar-refractivity contribution < 1.29 is 0 Å². The van der Waals surface area contributed by atoms with Gasteiger partial charge in [0.2, 0.25) is 23.8 Å². The molecule has 0 unspecified atom stereocenters. The Kier molecular flexibility index (Phi) is 4.64. The predicted octanol–water partition coefficient (Wildman–Crippen LogP) is -0.185. The van der Waals surface area contributed by atoms with Gasteiger partial charge in [0.1, 0.15) is 11.6 Å². The van der Waals surface area contributed by atoms with E-state index in [1.807, 2.05) is 0 Å². The maximum atomic E-state index is 4.15. The van der Waals surface area contributed by atoms with Crippen LogP contribution >= 0.6 is 0 Å². The third-order valence-corrected chi connectivity index (χ3v) is 2.34. The monoisotopic (exact) mass is 287 g/mol. The Hall–Kier alpha value is -2.72. The van der Waals surface area contributed by atoms with Gasteiger partial charge in [0.15, 0.2) is 0 Å². The minimum atomic E-state index is 0.416. The van der Waals surface area contributed by atoms with E-state index in [-0.39, 0.29) is 0 Å². The molecule has 10 nitrogen and oxygen atoms in total. The van der Waals surface area contributed by atoms with Crippen LogP contribution in [0.4, 0.5) is 23.8 Å². The van der Waals surface area contributed by atoms with Crippen LogP contribution in [-0.2, 0) is 0 Å². The summed E-state index contributed by atoms with van der Waals surface area (Å²) < 4.78 is 0. The minimum absolute atomic E-state index is 0.416. The molecular formula is C10H16BN10. The molecule has 0 saturated carbocycles. The van der Waals surface area contributed by atoms with E-state index in [1.54, 1.807) is 35.5 Å². The second-order valence-electron chi connectivity index (χ2n) is 3.99. The molecule has 0 spiro atoms. The van der Waals surface area contributed by atoms with E-state index in [2.05, 4.69) is 51.0 Å². The molecule has 2 aromatic rings. The Labute approximate surface area is 122 Å². The maximum absolute atomic E-state index is 4.15. The number of nitrogens with zero attached hydrogens (tertiary/aromatic N) is 6. The van der Waals surface area contributed by atoms with Gasteiger partial charge >= 0.3 is 7.55 Å². The summed E-state index contributed by atoms with van der Waals surface area (Å²) in [6.07, 6.45) is 0. The van der Waals surface area contributed by atoms with Crippen molar-refractivity contribution in [1.82, 2.24) is 29.9 Å². The SMILES string of the molecule is CNc1nc(C)nc(N[B]Nc2nc(C)nc(NC)n2)n1. The van der Waals surface area contributed by atoms with Crippen LogP contribution in [0, 0.1) is 13.8 Å². The fourth-order valence-electron chi connectivity index (χ4n) is 1.48. The molecule has 1 radical (unpaired) electrons. The van der Waals surface area contributed by atoms with E-state index in [0.29, 0.717) is 35.4 Å². The van der Waals surface area contributed by atoms with Gasteiger partial charge in [-0.3, -0.25) is 0 Å². The van der Waals surface area contributed by atoms with Crippen LogP contribution in [-0.4, -0.2) is 51.5 Å². The number of rotatable bonds is 6. The van der Waals surface area contributed by atoms with Crippen molar-refractivity contribution >= 4 is 31.3 Å². The number of aryl methyl sites for hydroxylation is 2. The topological polar surface area (TPSA) is 125 Å². The van der Waals surface area contributed by atoms with Crippen molar-refractivity contribution in [3.63, 3.8) is 0 Å². The molecule has 109 valence electrons. The zero-order valence-electron chi connectivity index (χ0n) is 12.3. The first kappa shape index (κ1) is 14.7. The maximum Gasteiger partial charge on any atom is 0.390 e. The van der Waals surface area contributed by atoms with Crippen LogP contribution in [0.2, 0.25) is 0 Å². The molecule has 0 bridgehead atoms. The molecule has 0 aliphatic carbocycles. The van der Waals surface area contributed by atoms with Crippen molar-refractivity contribution in [2.45, 2.75) is 13.8 Å². The molecule has 0 fully saturated rings. The van der Waals surface area contributed by atoms with Crippen LogP contribution in [0.15, 0.2) is 0 Å². The quantitative estimate of drug-likeness (QED) is 0.531. The van der Waals surface area contributed by atoms with E-state index >= 15 is 0 Å². The summed E-state index contributed by atoms with van der Waals surface area (Å²) in [4.78, 5) is 24.8. The lowest BCUT2D eigenvalue weighted by Gasteiger charge is -2.08. The van der Waals surface area contributed by atoms with Crippen molar-refractivity contribution in [2.75, 3.05) is 35.2 Å². The molecule has 2 rings (SSSR count). The first-order chi connectivity index (χ1) is 10.1. The van der Waals surface area contributed by atoms with Crippen LogP contribution in [0.1, 0.15) is 11.6 Å². The average Bonchev–Trinajstić information content (AvgIpc) is 2.46. The lowest BCUT2D eigenvalue weighted by atomic mass is 10.2. The molecule has 0 aliphatic rings. The number of anilines is 4. The van der Waals surface area contributed by atoms with Crippen molar-refractivity contribution in [3.8, 4) is 0 Å². The van der Waals surface area contributed by atoms with Gasteiger partial charge in [0, 0.05) is 14.1 Å². The van der Waals surface area contributed by atoms with Crippen molar-refractivity contribution in [2.24, 2.45) is 0 Å². The molecule has 11 heteroatoms. The van der Waals surface area contributed by atoms with Crippen LogP contribution < -0.4 is 21.1 Å². The minimum Gasteiger partial charge on any atom is -0.381 e. The van der Waals surface area contributed by atoms with E-state index in [9.17, 15) is 0 Å². The van der Waals surface area contributed by atoms with E-state index in [1.165, 1.54) is 0 Å². The van der Waals surface area contributed by atoms with Gasteiger partial charge in [-0.25, -0.2) is 0 Å². The first-order valence-corrected chi connectivity index (χ1v) is 6.26. The zero-order chi connectivity index (χ0) is 15.2. The number of aromatic nitrogens is 6. The fourth-order valence-corrected chi connectivity index (χ4v) is 1.48. The predicted molar refractivity (Wildman–Crippen MR) is 81.2 cm³/mol. The number of nitrogens with one attached hydrogen (secondary N) is 4. The van der Waals surface area contributed by atoms with E-state index < -0.39 is 0 Å². The molecule has 0 aromatic carbocycles. The summed E-state index contributed by atoms with van der Waals surface area (Å²) in [6, 6.07) is 0. The van der Waals surface area contributed by atoms with Crippen LogP contribution in [0.25, 0.3) is 0 Å². The summed E-state index contributed by atoms with van der Waals surface area (Å²) in [5.74, 6) is 3.04. The summed E-state index contributed by atoms with van der Waals surface area (Å²) in [5.41, 5.74) is 0. The van der Waals surface area contributed by atoms with Gasteiger partial charge in [-0.2, -0.15) is 29.9 Å². The first-order valence-electron chi connectivity index (χ1n) is 6.26. The second kappa shape index (κ2) is 6.63. The molecular weight excluding hydrogens is 271 g/mol. The highest BCUT2D eigenvalue weighted by Gasteiger charge is 2.05. The molecule has 21 heavy (non-hydrogen) atoms. The third-order valence-electron chi connectivity index (χ3n) is 2.34. The van der Waals surface area contributed by atoms with Gasteiger partial charge < -0.3 is 21.1 Å². The average molecular weight is 287 g/mol. The van der Waals surface area contributed by atoms with Gasteiger partial charge in [0.25, 0.3) is 0 Å². The Morgan fingerprint density at radius 2 is 1.00 bits per heavy atom. The molecule has 0 aliphatic heterocycles. The lowest BCUT2D eigenvalue weighted by Crippen LogP contribution is -2.21. The summed E-state index contributed by atoms with van der Waals surface area (Å²) in [6.45, 7) is 3.57. The van der Waals surface area contributed by atoms with E-state index in [0.717, 1.165) is 0 Å². The molecule has 0 amide bonds. The zero-order valence-corrected chi connectivity index (χ0v) is 12.3. The smallest absolute Gasteiger partial charge is 0.381 e. The molecule has 0 saturated heterocycles. The molecule has 4 N–H and O–H groups in total. The Morgan fingerprint density at radius 1 is 0.619 bits per heavy atom. The fraction of sp³-hybridized carbons (Fsp3) is 0.400. The van der Waals surface area contributed by atoms with Gasteiger partial charge in [-0.15, -0.1) is 0 Å². The number of hydrogen-bond acceptors (Lipinski definition) is 10. The lowest BCUT2D eigenvalue weighted by molar-refractivity contribution is 0.985. The van der Waals surface area contributed by atoms with Gasteiger partial charge in [-0.1, -0.05) is 0 Å². The van der Waals surface area contributed by atoms with Crippen LogP contribution in [0.3, 0.4) is 0 Å². The highest BCUT2D eigenvalue weighted by Crippen LogP contribution is 2.05. The highest BCUT2D eigenvalue weighted by molar-refractivity contribution is 6.44. The Bertz CT molecular complexity index is 565. The van der Waals surface area contributed by atoms with Crippen molar-refractivity contribution in [3.05, 3.63) is 11.6 Å². The summed E-state index contributed by atoms with van der Waals surface area (Å²) in [5, 5.41) is 11.5. The Balaban J connectivity index is 1.98. The summed E-state index contributed by atoms with van der Waals surface area (Å²) in [7, 11) is 5.03. The normalized spacial score (nSPS) is 9.90. The van der Waals surface area contributed by atoms with E-state index in [4.69, 9.17) is 0 Å². The third kappa shape index (κ3) is 4.13. The second-order valence-corrected chi connectivity index (χ2v) is 3.99. The standard InChI is InChI=1S/C10H16BN10/c1-5-14-7(12-3)18-9(16-5)20-11-21-10-17-6(2)15-8(13-4)19-10/h1-4H3,(H2,12,14,16,18,20)(H2,13,15,17,19,21). The van der Waals surface area contributed by atoms with Crippen molar-refractivity contribution in [1.29, 1.82) is 0 Å². The number of hydrogen-bond donors (Lipinski definition) is 4. The Morgan fingerprint density at radius 3 is 1.38 bits per heavy atom. The van der Waals surface area contributed by atoms with Gasteiger partial charge in [-0.05, 0) is 13.8 Å². The highest BCUT2D eigenvalue weighted by atomic mass is 15.2. The summed E-state index contributed by atoms with van der Waals surface area (Å²) >= 11 is 0. The van der Waals surface area contributed by atoms with Crippen LogP contribution in [0.5, 0.6) is 0 Å². The molecule has 2 aromatic heterocycles. The largest absolute Gasteiger partial charge is 0.390 e. The van der Waals surface area contributed by atoms with Gasteiger partial charge in [0.05, 0.1) is 0 Å². The molecule has 2 heterocycles. The molecule has 0 atom stereocenters.